The number of anilines is 1. The number of ether oxygens (including phenoxy) is 1. The number of nitrogens with one attached hydrogen (secondary N) is 1. The van der Waals surface area contributed by atoms with Crippen LogP contribution in [0.5, 0.6) is 5.75 Å². The standard InChI is InChI=1S/C19H16ClNO2S2/c1-23-18-10-9-14(20)12-16(18)13-5-4-6-15(11-13)25(22)21-17-7-2-3-8-19(17)24/h2-12,21,24H,1H3. The van der Waals surface area contributed by atoms with E-state index in [1.165, 1.54) is 0 Å². The molecule has 0 aliphatic rings. The average molecular weight is 390 g/mol. The number of rotatable bonds is 5. The maximum Gasteiger partial charge on any atom is 0.150 e. The second kappa shape index (κ2) is 7.95. The van der Waals surface area contributed by atoms with Crippen molar-refractivity contribution in [2.45, 2.75) is 9.79 Å². The zero-order valence-electron chi connectivity index (χ0n) is 13.4. The monoisotopic (exact) mass is 389 g/mol. The zero-order chi connectivity index (χ0) is 17.8. The molecule has 0 aliphatic heterocycles. The van der Waals surface area contributed by atoms with Crippen LogP contribution < -0.4 is 9.46 Å². The summed E-state index contributed by atoms with van der Waals surface area (Å²) in [5.74, 6) is 0.709. The summed E-state index contributed by atoms with van der Waals surface area (Å²) in [5.41, 5.74) is 2.45. The molecule has 0 aromatic heterocycles. The first kappa shape index (κ1) is 17.9. The van der Waals surface area contributed by atoms with Crippen LogP contribution >= 0.6 is 24.2 Å². The SMILES string of the molecule is COc1ccc(Cl)cc1-c1cccc(S(=O)Nc2ccccc2S)c1. The van der Waals surface area contributed by atoms with Gasteiger partial charge in [-0.1, -0.05) is 35.9 Å². The normalized spacial score (nSPS) is 11.8. The number of hydrogen-bond donors (Lipinski definition) is 2. The predicted octanol–water partition coefficient (Wildman–Crippen LogP) is 5.44. The van der Waals surface area contributed by atoms with Crippen LogP contribution in [0.1, 0.15) is 0 Å². The Bertz CT molecular complexity index is 931. The molecule has 1 unspecified atom stereocenters. The minimum Gasteiger partial charge on any atom is -0.496 e. The Morgan fingerprint density at radius 2 is 1.84 bits per heavy atom. The molecule has 0 amide bonds. The number of methoxy groups -OCH3 is 1. The first-order chi connectivity index (χ1) is 12.1. The van der Waals surface area contributed by atoms with Gasteiger partial charge < -0.3 is 9.46 Å². The van der Waals surface area contributed by atoms with Gasteiger partial charge in [-0.25, -0.2) is 4.21 Å². The van der Waals surface area contributed by atoms with Gasteiger partial charge in [-0.2, -0.15) is 0 Å². The van der Waals surface area contributed by atoms with Gasteiger partial charge in [0.15, 0.2) is 0 Å². The Hall–Kier alpha value is -1.95. The van der Waals surface area contributed by atoms with Gasteiger partial charge >= 0.3 is 0 Å². The molecule has 3 aromatic rings. The molecule has 0 saturated carbocycles. The summed E-state index contributed by atoms with van der Waals surface area (Å²) in [6.07, 6.45) is 0. The fraction of sp³-hybridized carbons (Fsp3) is 0.0526. The minimum atomic E-state index is -1.42. The summed E-state index contributed by atoms with van der Waals surface area (Å²) in [6, 6.07) is 20.3. The summed E-state index contributed by atoms with van der Waals surface area (Å²) in [5, 5.41) is 0.615. The smallest absolute Gasteiger partial charge is 0.150 e. The lowest BCUT2D eigenvalue weighted by Gasteiger charge is -2.12. The molecule has 0 spiro atoms. The molecular weight excluding hydrogens is 374 g/mol. The molecule has 1 N–H and O–H groups in total. The third kappa shape index (κ3) is 4.18. The van der Waals surface area contributed by atoms with Crippen molar-refractivity contribution < 1.29 is 8.95 Å². The molecular formula is C19H16ClNO2S2. The lowest BCUT2D eigenvalue weighted by atomic mass is 10.0. The second-order valence-corrected chi connectivity index (χ2v) is 7.39. The lowest BCUT2D eigenvalue weighted by Crippen LogP contribution is -2.05. The van der Waals surface area contributed by atoms with Gasteiger partial charge in [0.05, 0.1) is 17.7 Å². The molecule has 3 aromatic carbocycles. The van der Waals surface area contributed by atoms with Crippen molar-refractivity contribution in [3.8, 4) is 16.9 Å². The quantitative estimate of drug-likeness (QED) is 0.570. The highest BCUT2D eigenvalue weighted by Crippen LogP contribution is 2.33. The van der Waals surface area contributed by atoms with E-state index in [2.05, 4.69) is 17.4 Å². The third-order valence-corrected chi connectivity index (χ3v) is 5.34. The van der Waals surface area contributed by atoms with Crippen molar-refractivity contribution in [1.82, 2.24) is 0 Å². The van der Waals surface area contributed by atoms with Crippen LogP contribution in [-0.2, 0) is 11.0 Å². The van der Waals surface area contributed by atoms with Crippen molar-refractivity contribution in [2.75, 3.05) is 11.8 Å². The topological polar surface area (TPSA) is 38.3 Å². The van der Waals surface area contributed by atoms with E-state index in [-0.39, 0.29) is 0 Å². The lowest BCUT2D eigenvalue weighted by molar-refractivity contribution is 0.416. The number of hydrogen-bond acceptors (Lipinski definition) is 3. The van der Waals surface area contributed by atoms with E-state index >= 15 is 0 Å². The summed E-state index contributed by atoms with van der Waals surface area (Å²) in [4.78, 5) is 1.39. The molecule has 0 bridgehead atoms. The Morgan fingerprint density at radius 1 is 1.04 bits per heavy atom. The number of halogens is 1. The summed E-state index contributed by atoms with van der Waals surface area (Å²) in [7, 11) is 0.196. The highest BCUT2D eigenvalue weighted by atomic mass is 35.5. The molecule has 6 heteroatoms. The largest absolute Gasteiger partial charge is 0.496 e. The summed E-state index contributed by atoms with van der Waals surface area (Å²) < 4.78 is 21.1. The van der Waals surface area contributed by atoms with Gasteiger partial charge in [0, 0.05) is 15.5 Å². The maximum absolute atomic E-state index is 12.7. The molecule has 0 radical (unpaired) electrons. The van der Waals surface area contributed by atoms with Crippen LogP contribution in [0.2, 0.25) is 5.02 Å². The van der Waals surface area contributed by atoms with Crippen molar-refractivity contribution >= 4 is 40.9 Å². The summed E-state index contributed by atoms with van der Waals surface area (Å²) in [6.45, 7) is 0. The fourth-order valence-electron chi connectivity index (χ4n) is 2.40. The van der Waals surface area contributed by atoms with E-state index in [1.807, 2.05) is 60.7 Å². The number of thiol groups is 1. The van der Waals surface area contributed by atoms with Gasteiger partial charge in [-0.15, -0.1) is 12.6 Å². The first-order valence-corrected chi connectivity index (χ1v) is 9.46. The highest BCUT2D eigenvalue weighted by Gasteiger charge is 2.11. The number of benzene rings is 3. The van der Waals surface area contributed by atoms with Crippen molar-refractivity contribution in [2.24, 2.45) is 0 Å². The van der Waals surface area contributed by atoms with E-state index < -0.39 is 11.0 Å². The molecule has 3 nitrogen and oxygen atoms in total. The van der Waals surface area contributed by atoms with E-state index in [0.29, 0.717) is 15.7 Å². The van der Waals surface area contributed by atoms with Gasteiger partial charge in [0.1, 0.15) is 16.7 Å². The second-order valence-electron chi connectivity index (χ2n) is 5.26. The Balaban J connectivity index is 1.93. The highest BCUT2D eigenvalue weighted by molar-refractivity contribution is 7.86. The molecule has 0 aliphatic carbocycles. The van der Waals surface area contributed by atoms with Gasteiger partial charge in [-0.05, 0) is 48.0 Å². The van der Waals surface area contributed by atoms with Gasteiger partial charge in [-0.3, -0.25) is 0 Å². The average Bonchev–Trinajstić information content (AvgIpc) is 2.63. The van der Waals surface area contributed by atoms with Crippen LogP contribution in [-0.4, -0.2) is 11.3 Å². The van der Waals surface area contributed by atoms with Crippen LogP contribution in [0.25, 0.3) is 11.1 Å². The molecule has 1 atom stereocenters. The third-order valence-electron chi connectivity index (χ3n) is 3.63. The van der Waals surface area contributed by atoms with Crippen molar-refractivity contribution in [3.63, 3.8) is 0 Å². The molecule has 0 saturated heterocycles. The van der Waals surface area contributed by atoms with Crippen LogP contribution in [0.3, 0.4) is 0 Å². The predicted molar refractivity (Wildman–Crippen MR) is 107 cm³/mol. The molecule has 128 valence electrons. The van der Waals surface area contributed by atoms with Crippen LogP contribution in [0, 0.1) is 0 Å². The Morgan fingerprint density at radius 3 is 2.60 bits per heavy atom. The molecule has 3 rings (SSSR count). The minimum absolute atomic E-state index is 0.615. The Labute approximate surface area is 160 Å². The van der Waals surface area contributed by atoms with Crippen molar-refractivity contribution in [1.29, 1.82) is 0 Å². The molecule has 0 heterocycles. The Kier molecular flexibility index (Phi) is 5.68. The molecule has 25 heavy (non-hydrogen) atoms. The van der Waals surface area contributed by atoms with E-state index in [0.717, 1.165) is 21.7 Å². The van der Waals surface area contributed by atoms with E-state index in [1.54, 1.807) is 13.2 Å². The summed E-state index contributed by atoms with van der Waals surface area (Å²) >= 11 is 10.5. The van der Waals surface area contributed by atoms with Gasteiger partial charge in [0.2, 0.25) is 0 Å². The van der Waals surface area contributed by atoms with E-state index in [9.17, 15) is 4.21 Å². The van der Waals surface area contributed by atoms with Crippen molar-refractivity contribution in [3.05, 3.63) is 71.8 Å². The number of para-hydroxylation sites is 1. The van der Waals surface area contributed by atoms with E-state index in [4.69, 9.17) is 16.3 Å². The van der Waals surface area contributed by atoms with Gasteiger partial charge in [0.25, 0.3) is 0 Å². The van der Waals surface area contributed by atoms with Crippen LogP contribution in [0.15, 0.2) is 76.5 Å². The molecule has 0 fully saturated rings. The zero-order valence-corrected chi connectivity index (χ0v) is 15.9. The first-order valence-electron chi connectivity index (χ1n) is 7.49. The fourth-order valence-corrected chi connectivity index (χ4v) is 3.80. The van der Waals surface area contributed by atoms with Crippen LogP contribution in [0.4, 0.5) is 5.69 Å². The maximum atomic E-state index is 12.7.